The minimum absolute atomic E-state index is 0.0639. The zero-order valence-corrected chi connectivity index (χ0v) is 6.12. The van der Waals surface area contributed by atoms with E-state index in [1.165, 1.54) is 4.90 Å². The maximum atomic E-state index is 11.2. The molecule has 4 nitrogen and oxygen atoms in total. The highest BCUT2D eigenvalue weighted by Gasteiger charge is 2.39. The third-order valence-corrected chi connectivity index (χ3v) is 2.04. The second kappa shape index (κ2) is 2.15. The van der Waals surface area contributed by atoms with Crippen molar-refractivity contribution in [3.8, 4) is 0 Å². The molecule has 58 valence electrons. The predicted molar refractivity (Wildman–Crippen MR) is 37.5 cm³/mol. The molecule has 2 aliphatic heterocycles. The van der Waals surface area contributed by atoms with Crippen molar-refractivity contribution in [2.75, 3.05) is 13.1 Å². The average molecular weight is 153 g/mol. The van der Waals surface area contributed by atoms with Crippen LogP contribution in [0.5, 0.6) is 0 Å². The number of carbonyl (C=O) groups is 2. The van der Waals surface area contributed by atoms with Gasteiger partial charge >= 0.3 is 11.9 Å². The summed E-state index contributed by atoms with van der Waals surface area (Å²) in [7, 11) is 0. The maximum Gasteiger partial charge on any atom is 0.500 e. The van der Waals surface area contributed by atoms with Gasteiger partial charge in [-0.05, 0) is 0 Å². The van der Waals surface area contributed by atoms with Crippen molar-refractivity contribution in [2.24, 2.45) is 0 Å². The van der Waals surface area contributed by atoms with Gasteiger partial charge in [-0.3, -0.25) is 0 Å². The van der Waals surface area contributed by atoms with Crippen molar-refractivity contribution in [2.45, 2.75) is 12.8 Å². The zero-order chi connectivity index (χ0) is 7.84. The highest BCUT2D eigenvalue weighted by atomic mass is 16.2. The minimum atomic E-state index is -0.146. The fourth-order valence-electron chi connectivity index (χ4n) is 1.44. The first kappa shape index (κ1) is 6.52. The van der Waals surface area contributed by atoms with Crippen molar-refractivity contribution in [1.29, 1.82) is 0 Å². The number of nitrogens with zero attached hydrogens (tertiary/aromatic N) is 2. The molecule has 0 spiro atoms. The first-order chi connectivity index (χ1) is 5.29. The molecule has 1 fully saturated rings. The number of hydrogen-bond donors (Lipinski definition) is 0. The molecule has 0 aromatic carbocycles. The number of rotatable bonds is 0. The van der Waals surface area contributed by atoms with Crippen LogP contribution in [0.3, 0.4) is 0 Å². The quantitative estimate of drug-likeness (QED) is 0.453. The highest BCUT2D eigenvalue weighted by Crippen LogP contribution is 2.09. The van der Waals surface area contributed by atoms with Crippen molar-refractivity contribution < 1.29 is 14.2 Å². The van der Waals surface area contributed by atoms with E-state index in [2.05, 4.69) is 0 Å². The minimum Gasteiger partial charge on any atom is -0.246 e. The van der Waals surface area contributed by atoms with Crippen LogP contribution in [0, 0.1) is 0 Å². The third-order valence-electron chi connectivity index (χ3n) is 2.04. The number of hydrogen-bond acceptors (Lipinski definition) is 2. The molecule has 1 saturated heterocycles. The number of fused-ring (bicyclic) bond motifs is 2. The van der Waals surface area contributed by atoms with Gasteiger partial charge in [-0.2, -0.15) is 9.69 Å². The molecule has 0 aliphatic carbocycles. The summed E-state index contributed by atoms with van der Waals surface area (Å²) in [6, 6.07) is -0.146. The van der Waals surface area contributed by atoms with Crippen molar-refractivity contribution in [1.82, 2.24) is 4.90 Å². The van der Waals surface area contributed by atoms with Gasteiger partial charge in [-0.15, -0.1) is 0 Å². The molecule has 11 heavy (non-hydrogen) atoms. The Morgan fingerprint density at radius 1 is 1.45 bits per heavy atom. The van der Waals surface area contributed by atoms with Gasteiger partial charge in [0.15, 0.2) is 0 Å². The molecule has 4 heteroatoms. The number of carbonyl (C=O) groups excluding carboxylic acids is 2. The normalized spacial score (nSPS) is 23.6. The smallest absolute Gasteiger partial charge is 0.246 e. The van der Waals surface area contributed by atoms with E-state index in [1.54, 1.807) is 10.8 Å². The van der Waals surface area contributed by atoms with Crippen LogP contribution in [0.4, 0.5) is 4.79 Å². The highest BCUT2D eigenvalue weighted by molar-refractivity contribution is 6.01. The molecule has 2 rings (SSSR count). The van der Waals surface area contributed by atoms with Gasteiger partial charge in [0, 0.05) is 6.42 Å². The number of imide groups is 1. The Balaban J connectivity index is 2.38. The summed E-state index contributed by atoms with van der Waals surface area (Å²) < 4.78 is 1.62. The Bertz CT molecular complexity index is 257. The van der Waals surface area contributed by atoms with Gasteiger partial charge in [-0.25, -0.2) is 9.37 Å². The van der Waals surface area contributed by atoms with Crippen LogP contribution in [-0.4, -0.2) is 40.7 Å². The van der Waals surface area contributed by atoms with E-state index in [0.717, 1.165) is 13.0 Å². The van der Waals surface area contributed by atoms with E-state index in [4.69, 9.17) is 0 Å². The summed E-state index contributed by atoms with van der Waals surface area (Å²) in [6.07, 6.45) is 2.96. The van der Waals surface area contributed by atoms with E-state index < -0.39 is 0 Å². The molecule has 2 heterocycles. The van der Waals surface area contributed by atoms with Crippen LogP contribution < -0.4 is 0 Å². The Morgan fingerprint density at radius 3 is 3.00 bits per heavy atom. The molecule has 0 unspecified atom stereocenters. The molecule has 0 radical (unpaired) electrons. The van der Waals surface area contributed by atoms with Crippen LogP contribution in [0.1, 0.15) is 12.8 Å². The van der Waals surface area contributed by atoms with Crippen LogP contribution in [0.25, 0.3) is 0 Å². The van der Waals surface area contributed by atoms with E-state index in [1.807, 2.05) is 0 Å². The van der Waals surface area contributed by atoms with Gasteiger partial charge < -0.3 is 0 Å². The molecule has 2 bridgehead atoms. The monoisotopic (exact) mass is 153 g/mol. The van der Waals surface area contributed by atoms with Crippen molar-refractivity contribution in [3.05, 3.63) is 0 Å². The lowest BCUT2D eigenvalue weighted by Gasteiger charge is -2.22. The summed E-state index contributed by atoms with van der Waals surface area (Å²) in [5.74, 6) is -0.0639. The summed E-state index contributed by atoms with van der Waals surface area (Å²) >= 11 is 0. The molecular formula is C7H9N2O2+. The summed E-state index contributed by atoms with van der Waals surface area (Å²) in [5, 5.41) is 0. The summed E-state index contributed by atoms with van der Waals surface area (Å²) in [5.41, 5.74) is 0. The van der Waals surface area contributed by atoms with Crippen LogP contribution in [0.2, 0.25) is 0 Å². The van der Waals surface area contributed by atoms with Gasteiger partial charge in [0.25, 0.3) is 0 Å². The second-order valence-corrected chi connectivity index (χ2v) is 2.76. The summed E-state index contributed by atoms with van der Waals surface area (Å²) in [4.78, 5) is 23.6. The lowest BCUT2D eigenvalue weighted by atomic mass is 10.2. The molecule has 3 amide bonds. The van der Waals surface area contributed by atoms with Crippen LogP contribution in [0.15, 0.2) is 0 Å². The largest absolute Gasteiger partial charge is 0.500 e. The van der Waals surface area contributed by atoms with Gasteiger partial charge in [0.05, 0.1) is 12.8 Å². The predicted octanol–water partition coefficient (Wildman–Crippen LogP) is -0.174. The Labute approximate surface area is 64.1 Å². The van der Waals surface area contributed by atoms with E-state index in [-0.39, 0.29) is 11.9 Å². The molecule has 2 aliphatic rings. The van der Waals surface area contributed by atoms with Crippen LogP contribution >= 0.6 is 0 Å². The number of amides is 3. The topological polar surface area (TPSA) is 40.4 Å². The average Bonchev–Trinajstić information content (AvgIpc) is 1.98. The fraction of sp³-hybridized carbons (Fsp3) is 0.571. The maximum absolute atomic E-state index is 11.2. The summed E-state index contributed by atoms with van der Waals surface area (Å²) in [6.45, 7) is 1.37. The molecule has 0 aromatic heterocycles. The molecule has 0 N–H and O–H groups in total. The second-order valence-electron chi connectivity index (χ2n) is 2.76. The number of urea groups is 1. The zero-order valence-electron chi connectivity index (χ0n) is 6.12. The Kier molecular flexibility index (Phi) is 1.27. The third kappa shape index (κ3) is 0.859. The molecule has 0 saturated carbocycles. The van der Waals surface area contributed by atoms with Gasteiger partial charge in [-0.1, -0.05) is 0 Å². The SMILES string of the molecule is O=C1CC=[N+]2CCCN1C2=O. The van der Waals surface area contributed by atoms with Crippen LogP contribution in [-0.2, 0) is 4.79 Å². The first-order valence-corrected chi connectivity index (χ1v) is 3.73. The fourth-order valence-corrected chi connectivity index (χ4v) is 1.44. The Morgan fingerprint density at radius 2 is 2.27 bits per heavy atom. The molecule has 0 aromatic rings. The standard InChI is InChI=1S/C7H9N2O2/c10-6-2-5-8-3-1-4-9(6)7(8)11/h5H,1-4H2/q+1. The van der Waals surface area contributed by atoms with E-state index in [0.29, 0.717) is 13.0 Å². The van der Waals surface area contributed by atoms with Gasteiger partial charge in [0.2, 0.25) is 0 Å². The Hall–Kier alpha value is -1.19. The molecular weight excluding hydrogens is 144 g/mol. The van der Waals surface area contributed by atoms with E-state index in [9.17, 15) is 9.59 Å². The van der Waals surface area contributed by atoms with Crippen molar-refractivity contribution in [3.63, 3.8) is 0 Å². The molecule has 0 atom stereocenters. The van der Waals surface area contributed by atoms with Gasteiger partial charge in [0.1, 0.15) is 13.0 Å². The van der Waals surface area contributed by atoms with Crippen molar-refractivity contribution >= 4 is 18.2 Å². The van der Waals surface area contributed by atoms with E-state index >= 15 is 0 Å². The lowest BCUT2D eigenvalue weighted by Crippen LogP contribution is -2.51. The first-order valence-electron chi connectivity index (χ1n) is 3.73. The lowest BCUT2D eigenvalue weighted by molar-refractivity contribution is -0.444.